The van der Waals surface area contributed by atoms with Gasteiger partial charge in [0.15, 0.2) is 11.4 Å². The molecule has 6 nitrogen and oxygen atoms in total. The van der Waals surface area contributed by atoms with Crippen LogP contribution in [0.25, 0.3) is 11.0 Å². The summed E-state index contributed by atoms with van der Waals surface area (Å²) in [5.41, 5.74) is -1.52. The first kappa shape index (κ1) is 16.7. The molecule has 1 aromatic heterocycles. The summed E-state index contributed by atoms with van der Waals surface area (Å²) in [6, 6.07) is 5.31. The zero-order valence-corrected chi connectivity index (χ0v) is 12.5. The van der Waals surface area contributed by atoms with E-state index in [9.17, 15) is 18.8 Å². The van der Waals surface area contributed by atoms with Gasteiger partial charge in [0, 0.05) is 11.9 Å². The lowest BCUT2D eigenvalue weighted by Gasteiger charge is -2.20. The standard InChI is InChI=1S/C16H16FNO5/c1-2-3-7-18(9-13(19)20)15(21)11-8-10-5-4-6-12(17)14(10)23-16(11)22/h4-6,8H,2-3,7,9H2,1H3,(H,19,20). The Morgan fingerprint density at radius 3 is 2.74 bits per heavy atom. The summed E-state index contributed by atoms with van der Waals surface area (Å²) in [5.74, 6) is -2.61. The van der Waals surface area contributed by atoms with Crippen LogP contribution in [0.15, 0.2) is 33.5 Å². The fraction of sp³-hybridized carbons (Fsp3) is 0.312. The Labute approximate surface area is 131 Å². The molecule has 0 aliphatic carbocycles. The summed E-state index contributed by atoms with van der Waals surface area (Å²) in [5, 5.41) is 9.17. The van der Waals surface area contributed by atoms with Crippen molar-refractivity contribution < 1.29 is 23.5 Å². The molecule has 1 aromatic carbocycles. The van der Waals surface area contributed by atoms with E-state index >= 15 is 0 Å². The molecule has 23 heavy (non-hydrogen) atoms. The minimum Gasteiger partial charge on any atom is -0.480 e. The molecule has 0 bridgehead atoms. The molecule has 2 aromatic rings. The zero-order chi connectivity index (χ0) is 17.0. The monoisotopic (exact) mass is 321 g/mol. The van der Waals surface area contributed by atoms with Crippen molar-refractivity contribution in [2.45, 2.75) is 19.8 Å². The highest BCUT2D eigenvalue weighted by Crippen LogP contribution is 2.17. The zero-order valence-electron chi connectivity index (χ0n) is 12.5. The lowest BCUT2D eigenvalue weighted by molar-refractivity contribution is -0.137. The van der Waals surface area contributed by atoms with Crippen LogP contribution in [0.3, 0.4) is 0 Å². The third-order valence-corrected chi connectivity index (χ3v) is 3.34. The number of hydrogen-bond donors (Lipinski definition) is 1. The van der Waals surface area contributed by atoms with Gasteiger partial charge in [-0.05, 0) is 18.6 Å². The van der Waals surface area contributed by atoms with Gasteiger partial charge in [-0.25, -0.2) is 9.18 Å². The first-order chi connectivity index (χ1) is 10.9. The quantitative estimate of drug-likeness (QED) is 0.825. The Balaban J connectivity index is 2.43. The Bertz CT molecular complexity index is 799. The van der Waals surface area contributed by atoms with Gasteiger partial charge in [0.1, 0.15) is 12.1 Å². The molecule has 0 saturated carbocycles. The van der Waals surface area contributed by atoms with Crippen LogP contribution in [0, 0.1) is 5.82 Å². The number of para-hydroxylation sites is 1. The number of amides is 1. The van der Waals surface area contributed by atoms with Crippen molar-refractivity contribution in [1.29, 1.82) is 0 Å². The van der Waals surface area contributed by atoms with Gasteiger partial charge in [0.05, 0.1) is 0 Å². The third-order valence-electron chi connectivity index (χ3n) is 3.34. The Morgan fingerprint density at radius 1 is 1.35 bits per heavy atom. The molecule has 0 saturated heterocycles. The van der Waals surface area contributed by atoms with Crippen LogP contribution in [0.5, 0.6) is 0 Å². The van der Waals surface area contributed by atoms with Gasteiger partial charge < -0.3 is 14.4 Å². The number of carbonyl (C=O) groups is 2. The minimum absolute atomic E-state index is 0.211. The van der Waals surface area contributed by atoms with Crippen LogP contribution in [0.2, 0.25) is 0 Å². The summed E-state index contributed by atoms with van der Waals surface area (Å²) in [4.78, 5) is 36.4. The number of hydrogen-bond acceptors (Lipinski definition) is 4. The van der Waals surface area contributed by atoms with E-state index in [-0.39, 0.29) is 23.1 Å². The van der Waals surface area contributed by atoms with Crippen LogP contribution in [0.4, 0.5) is 4.39 Å². The summed E-state index contributed by atoms with van der Waals surface area (Å²) in [7, 11) is 0. The summed E-state index contributed by atoms with van der Waals surface area (Å²) >= 11 is 0. The van der Waals surface area contributed by atoms with Gasteiger partial charge >= 0.3 is 11.6 Å². The summed E-state index contributed by atoms with van der Waals surface area (Å²) in [6.07, 6.45) is 1.37. The fourth-order valence-electron chi connectivity index (χ4n) is 2.19. The van der Waals surface area contributed by atoms with Crippen LogP contribution >= 0.6 is 0 Å². The molecule has 0 aliphatic heterocycles. The van der Waals surface area contributed by atoms with Crippen molar-refractivity contribution >= 4 is 22.8 Å². The number of unbranched alkanes of at least 4 members (excludes halogenated alkanes) is 1. The molecule has 7 heteroatoms. The maximum absolute atomic E-state index is 13.6. The number of carboxylic acid groups (broad SMARTS) is 1. The van der Waals surface area contributed by atoms with Crippen molar-refractivity contribution in [3.05, 3.63) is 46.1 Å². The van der Waals surface area contributed by atoms with Gasteiger partial charge in [-0.1, -0.05) is 25.5 Å². The molecule has 0 aliphatic rings. The van der Waals surface area contributed by atoms with Gasteiger partial charge in [-0.15, -0.1) is 0 Å². The topological polar surface area (TPSA) is 87.8 Å². The largest absolute Gasteiger partial charge is 0.480 e. The van der Waals surface area contributed by atoms with E-state index in [1.165, 1.54) is 18.2 Å². The number of halogens is 1. The van der Waals surface area contributed by atoms with Gasteiger partial charge in [-0.3, -0.25) is 9.59 Å². The number of fused-ring (bicyclic) bond motifs is 1. The number of carboxylic acids is 1. The predicted octanol–water partition coefficient (Wildman–Crippen LogP) is 2.26. The molecule has 0 spiro atoms. The maximum atomic E-state index is 13.6. The average Bonchev–Trinajstić information content (AvgIpc) is 2.51. The molecule has 0 atom stereocenters. The number of benzene rings is 1. The smallest absolute Gasteiger partial charge is 0.349 e. The van der Waals surface area contributed by atoms with E-state index in [4.69, 9.17) is 9.52 Å². The molecule has 0 unspecified atom stereocenters. The predicted molar refractivity (Wildman–Crippen MR) is 80.9 cm³/mol. The first-order valence-corrected chi connectivity index (χ1v) is 7.17. The number of carbonyl (C=O) groups excluding carboxylic acids is 1. The fourth-order valence-corrected chi connectivity index (χ4v) is 2.19. The van der Waals surface area contributed by atoms with Crippen molar-refractivity contribution in [3.63, 3.8) is 0 Å². The highest BCUT2D eigenvalue weighted by molar-refractivity contribution is 5.97. The number of aliphatic carboxylic acids is 1. The normalized spacial score (nSPS) is 10.7. The molecule has 1 amide bonds. The molecular weight excluding hydrogens is 305 g/mol. The van der Waals surface area contributed by atoms with E-state index < -0.39 is 29.9 Å². The number of nitrogens with zero attached hydrogens (tertiary/aromatic N) is 1. The molecule has 122 valence electrons. The highest BCUT2D eigenvalue weighted by atomic mass is 19.1. The second-order valence-electron chi connectivity index (χ2n) is 5.08. The van der Waals surface area contributed by atoms with Gasteiger partial charge in [0.2, 0.25) is 0 Å². The van der Waals surface area contributed by atoms with E-state index in [1.807, 2.05) is 6.92 Å². The van der Waals surface area contributed by atoms with Crippen LogP contribution < -0.4 is 5.63 Å². The minimum atomic E-state index is -1.18. The van der Waals surface area contributed by atoms with Gasteiger partial charge in [0.25, 0.3) is 5.91 Å². The Kier molecular flexibility index (Phi) is 5.10. The third kappa shape index (κ3) is 3.74. The molecular formula is C16H16FNO5. The van der Waals surface area contributed by atoms with E-state index in [0.29, 0.717) is 6.42 Å². The van der Waals surface area contributed by atoms with E-state index in [0.717, 1.165) is 17.4 Å². The van der Waals surface area contributed by atoms with Crippen molar-refractivity contribution in [2.75, 3.05) is 13.1 Å². The highest BCUT2D eigenvalue weighted by Gasteiger charge is 2.22. The lowest BCUT2D eigenvalue weighted by atomic mass is 10.1. The molecule has 2 rings (SSSR count). The summed E-state index contributed by atoms with van der Waals surface area (Å²) < 4.78 is 18.5. The second-order valence-corrected chi connectivity index (χ2v) is 5.08. The summed E-state index contributed by atoms with van der Waals surface area (Å²) in [6.45, 7) is 1.60. The van der Waals surface area contributed by atoms with Gasteiger partial charge in [-0.2, -0.15) is 0 Å². The maximum Gasteiger partial charge on any atom is 0.349 e. The Morgan fingerprint density at radius 2 is 2.09 bits per heavy atom. The van der Waals surface area contributed by atoms with Crippen LogP contribution in [-0.2, 0) is 4.79 Å². The van der Waals surface area contributed by atoms with E-state index in [2.05, 4.69) is 0 Å². The second kappa shape index (κ2) is 7.04. The number of rotatable bonds is 6. The van der Waals surface area contributed by atoms with E-state index in [1.54, 1.807) is 0 Å². The van der Waals surface area contributed by atoms with Crippen molar-refractivity contribution in [2.24, 2.45) is 0 Å². The lowest BCUT2D eigenvalue weighted by Crippen LogP contribution is -2.38. The first-order valence-electron chi connectivity index (χ1n) is 7.17. The SMILES string of the molecule is CCCCN(CC(=O)O)C(=O)c1cc2cccc(F)c2oc1=O. The van der Waals surface area contributed by atoms with Crippen molar-refractivity contribution in [3.8, 4) is 0 Å². The molecule has 0 fully saturated rings. The Hall–Kier alpha value is -2.70. The molecule has 1 heterocycles. The molecule has 1 N–H and O–H groups in total. The average molecular weight is 321 g/mol. The van der Waals surface area contributed by atoms with Crippen molar-refractivity contribution in [1.82, 2.24) is 4.90 Å². The van der Waals surface area contributed by atoms with Crippen LogP contribution in [0.1, 0.15) is 30.1 Å². The van der Waals surface area contributed by atoms with Crippen LogP contribution in [-0.4, -0.2) is 35.0 Å². The molecule has 0 radical (unpaired) electrons.